The molecule has 0 saturated carbocycles. The second kappa shape index (κ2) is 10.8. The zero-order valence-electron chi connectivity index (χ0n) is 20.9. The van der Waals surface area contributed by atoms with Gasteiger partial charge in [-0.3, -0.25) is 9.78 Å². The van der Waals surface area contributed by atoms with Crippen molar-refractivity contribution in [2.45, 2.75) is 31.8 Å². The molecule has 3 N–H and O–H groups in total. The van der Waals surface area contributed by atoms with Crippen molar-refractivity contribution >= 4 is 28.6 Å². The first-order chi connectivity index (χ1) is 18.0. The van der Waals surface area contributed by atoms with Crippen LogP contribution in [0, 0.1) is 0 Å². The second-order valence-corrected chi connectivity index (χ2v) is 9.24. The van der Waals surface area contributed by atoms with Gasteiger partial charge in [-0.15, -0.1) is 0 Å². The fourth-order valence-electron chi connectivity index (χ4n) is 4.59. The third-order valence-corrected chi connectivity index (χ3v) is 6.74. The van der Waals surface area contributed by atoms with Crippen LogP contribution in [0.4, 0.5) is 11.8 Å². The highest BCUT2D eigenvalue weighted by Crippen LogP contribution is 2.27. The summed E-state index contributed by atoms with van der Waals surface area (Å²) in [6.07, 6.45) is 7.97. The lowest BCUT2D eigenvalue weighted by molar-refractivity contribution is 0.0964. The van der Waals surface area contributed by atoms with Crippen LogP contribution in [0.2, 0.25) is 0 Å². The van der Waals surface area contributed by atoms with E-state index in [1.54, 1.807) is 31.7 Å². The molecule has 0 radical (unpaired) electrons. The summed E-state index contributed by atoms with van der Waals surface area (Å²) < 4.78 is 0. The van der Waals surface area contributed by atoms with Crippen LogP contribution in [-0.2, 0) is 0 Å². The first-order valence-corrected chi connectivity index (χ1v) is 12.4. The molecule has 0 bridgehead atoms. The van der Waals surface area contributed by atoms with Gasteiger partial charge in [0.1, 0.15) is 12.1 Å². The molecule has 4 heterocycles. The van der Waals surface area contributed by atoms with Crippen LogP contribution in [0.15, 0.2) is 55.2 Å². The second-order valence-electron chi connectivity index (χ2n) is 9.24. The number of rotatable bonds is 7. The summed E-state index contributed by atoms with van der Waals surface area (Å²) >= 11 is 0. The number of aliphatic hydroxyl groups excluding tert-OH is 1. The van der Waals surface area contributed by atoms with Crippen molar-refractivity contribution in [1.82, 2.24) is 30.2 Å². The Morgan fingerprint density at radius 2 is 1.89 bits per heavy atom. The van der Waals surface area contributed by atoms with E-state index in [-0.39, 0.29) is 17.9 Å². The number of fused-ring (bicyclic) bond motifs is 1. The zero-order chi connectivity index (χ0) is 25.8. The van der Waals surface area contributed by atoms with Gasteiger partial charge < -0.3 is 20.6 Å². The van der Waals surface area contributed by atoms with E-state index in [1.807, 2.05) is 24.3 Å². The molecule has 0 aliphatic carbocycles. The van der Waals surface area contributed by atoms with Gasteiger partial charge in [0.25, 0.3) is 5.91 Å². The molecule has 1 unspecified atom stereocenters. The van der Waals surface area contributed by atoms with Crippen molar-refractivity contribution < 1.29 is 9.90 Å². The number of carbonyl (C=O) groups is 1. The Morgan fingerprint density at radius 3 is 2.65 bits per heavy atom. The lowest BCUT2D eigenvalue weighted by Gasteiger charge is -2.29. The Morgan fingerprint density at radius 1 is 1.11 bits per heavy atom. The number of aromatic nitrogens is 5. The third kappa shape index (κ3) is 5.34. The summed E-state index contributed by atoms with van der Waals surface area (Å²) in [6, 6.07) is 9.55. The third-order valence-electron chi connectivity index (χ3n) is 6.74. The highest BCUT2D eigenvalue weighted by molar-refractivity contribution is 6.06. The predicted octanol–water partition coefficient (Wildman–Crippen LogP) is 3.02. The lowest BCUT2D eigenvalue weighted by atomic mass is 9.96. The maximum absolute atomic E-state index is 12.3. The first kappa shape index (κ1) is 24.5. The molecular formula is C27H30N8O2. The van der Waals surface area contributed by atoms with Gasteiger partial charge in [-0.1, -0.05) is 25.1 Å². The summed E-state index contributed by atoms with van der Waals surface area (Å²) in [4.78, 5) is 36.8. The van der Waals surface area contributed by atoms with Crippen LogP contribution in [-0.4, -0.2) is 68.7 Å². The van der Waals surface area contributed by atoms with Gasteiger partial charge in [-0.25, -0.2) is 19.9 Å². The van der Waals surface area contributed by atoms with Gasteiger partial charge in [-0.2, -0.15) is 0 Å². The Bertz CT molecular complexity index is 1390. The Labute approximate surface area is 215 Å². The van der Waals surface area contributed by atoms with E-state index in [0.29, 0.717) is 23.9 Å². The van der Waals surface area contributed by atoms with Crippen molar-refractivity contribution in [2.24, 2.45) is 0 Å². The minimum absolute atomic E-state index is 0.111. The molecule has 1 atom stereocenters. The monoisotopic (exact) mass is 498 g/mol. The number of aliphatic hydroxyl groups is 1. The number of pyridine rings is 1. The van der Waals surface area contributed by atoms with E-state index in [1.165, 1.54) is 6.33 Å². The molecule has 3 aromatic heterocycles. The van der Waals surface area contributed by atoms with Crippen LogP contribution in [0.25, 0.3) is 22.2 Å². The van der Waals surface area contributed by atoms with Crippen molar-refractivity contribution in [3.8, 4) is 11.3 Å². The highest BCUT2D eigenvalue weighted by Gasteiger charge is 2.19. The number of hydrogen-bond acceptors (Lipinski definition) is 9. The number of hydrogen-bond donors (Lipinski definition) is 3. The molecule has 0 spiro atoms. The standard InChI is InChI=1S/C27H30N8O2/c1-17(20-4-3-5-21-22(26(37)28-2)6-9-29-25(20)21)13-30-24-12-23(33-16-34-24)18-14-31-27(32-15-18)35-10-7-19(36)8-11-35/h3-6,9,12,14-17,19,36H,7-8,10-11,13H2,1-2H3,(H,28,37)(H,30,33,34). The van der Waals surface area contributed by atoms with Crippen LogP contribution < -0.4 is 15.5 Å². The number of piperidine rings is 1. The average molecular weight is 499 g/mol. The number of amides is 1. The molecule has 190 valence electrons. The van der Waals surface area contributed by atoms with E-state index in [4.69, 9.17) is 0 Å². The van der Waals surface area contributed by atoms with Gasteiger partial charge in [0, 0.05) is 68.2 Å². The SMILES string of the molecule is CNC(=O)c1ccnc2c(C(C)CNc3cc(-c4cnc(N5CCC(O)CC5)nc4)ncn3)cccc12. The molecule has 10 nitrogen and oxygen atoms in total. The Balaban J connectivity index is 1.28. The van der Waals surface area contributed by atoms with Crippen LogP contribution in [0.3, 0.4) is 0 Å². The van der Waals surface area contributed by atoms with E-state index >= 15 is 0 Å². The number of anilines is 2. The molecule has 37 heavy (non-hydrogen) atoms. The minimum Gasteiger partial charge on any atom is -0.393 e. The van der Waals surface area contributed by atoms with Crippen molar-refractivity contribution in [3.63, 3.8) is 0 Å². The topological polar surface area (TPSA) is 129 Å². The first-order valence-electron chi connectivity index (χ1n) is 12.4. The molecule has 1 aliphatic heterocycles. The molecule has 1 saturated heterocycles. The van der Waals surface area contributed by atoms with Gasteiger partial charge in [0.15, 0.2) is 0 Å². The van der Waals surface area contributed by atoms with E-state index < -0.39 is 0 Å². The summed E-state index contributed by atoms with van der Waals surface area (Å²) in [5.41, 5.74) is 4.02. The number of para-hydroxylation sites is 1. The molecular weight excluding hydrogens is 468 g/mol. The van der Waals surface area contributed by atoms with Crippen molar-refractivity contribution in [3.05, 3.63) is 66.4 Å². The molecule has 10 heteroatoms. The summed E-state index contributed by atoms with van der Waals surface area (Å²) in [7, 11) is 1.63. The lowest BCUT2D eigenvalue weighted by Crippen LogP contribution is -2.36. The Kier molecular flexibility index (Phi) is 7.18. The smallest absolute Gasteiger partial charge is 0.251 e. The number of nitrogens with one attached hydrogen (secondary N) is 2. The average Bonchev–Trinajstić information content (AvgIpc) is 2.95. The fourth-order valence-corrected chi connectivity index (χ4v) is 4.59. The largest absolute Gasteiger partial charge is 0.393 e. The predicted molar refractivity (Wildman–Crippen MR) is 143 cm³/mol. The van der Waals surface area contributed by atoms with Gasteiger partial charge in [0.2, 0.25) is 5.95 Å². The normalized spacial score (nSPS) is 14.9. The summed E-state index contributed by atoms with van der Waals surface area (Å²) in [6.45, 7) is 4.24. The van der Waals surface area contributed by atoms with Crippen LogP contribution >= 0.6 is 0 Å². The molecule has 1 aliphatic rings. The van der Waals surface area contributed by atoms with Gasteiger partial charge in [-0.05, 0) is 24.5 Å². The highest BCUT2D eigenvalue weighted by atomic mass is 16.3. The van der Waals surface area contributed by atoms with E-state index in [2.05, 4.69) is 47.4 Å². The quantitative estimate of drug-likeness (QED) is 0.352. The maximum Gasteiger partial charge on any atom is 0.251 e. The molecule has 5 rings (SSSR count). The summed E-state index contributed by atoms with van der Waals surface area (Å²) in [5.74, 6) is 1.35. The number of carbonyl (C=O) groups excluding carboxylic acids is 1. The fraction of sp³-hybridized carbons (Fsp3) is 0.333. The van der Waals surface area contributed by atoms with Crippen molar-refractivity contribution in [1.29, 1.82) is 0 Å². The van der Waals surface area contributed by atoms with Gasteiger partial charge in [0.05, 0.1) is 22.9 Å². The van der Waals surface area contributed by atoms with E-state index in [0.717, 1.165) is 53.7 Å². The number of benzene rings is 1. The van der Waals surface area contributed by atoms with Gasteiger partial charge >= 0.3 is 0 Å². The molecule has 4 aromatic rings. The number of nitrogens with zero attached hydrogens (tertiary/aromatic N) is 6. The molecule has 1 aromatic carbocycles. The minimum atomic E-state index is -0.234. The van der Waals surface area contributed by atoms with E-state index in [9.17, 15) is 9.90 Å². The Hall–Kier alpha value is -4.18. The maximum atomic E-state index is 12.3. The van der Waals surface area contributed by atoms with Crippen LogP contribution in [0.5, 0.6) is 0 Å². The summed E-state index contributed by atoms with van der Waals surface area (Å²) in [5, 5.41) is 16.6. The zero-order valence-corrected chi connectivity index (χ0v) is 20.9. The molecule has 1 amide bonds. The van der Waals surface area contributed by atoms with Crippen LogP contribution in [0.1, 0.15) is 41.6 Å². The van der Waals surface area contributed by atoms with Crippen molar-refractivity contribution in [2.75, 3.05) is 36.9 Å². The molecule has 1 fully saturated rings.